The number of anilines is 1. The number of aromatic nitrogens is 2. The Labute approximate surface area is 125 Å². The number of nitrogens with one attached hydrogen (secondary N) is 1. The number of nitrogens with two attached hydrogens (primary N) is 1. The number of rotatable bonds is 2. The van der Waals surface area contributed by atoms with E-state index in [4.69, 9.17) is 5.73 Å². The highest BCUT2D eigenvalue weighted by Crippen LogP contribution is 2.13. The van der Waals surface area contributed by atoms with E-state index in [1.165, 1.54) is 17.4 Å². The maximum Gasteiger partial charge on any atom is 0.272 e. The van der Waals surface area contributed by atoms with Crippen LogP contribution in [0, 0.1) is 0 Å². The van der Waals surface area contributed by atoms with Crippen molar-refractivity contribution in [3.63, 3.8) is 0 Å². The summed E-state index contributed by atoms with van der Waals surface area (Å²) in [7, 11) is 0. The van der Waals surface area contributed by atoms with Gasteiger partial charge in [-0.1, -0.05) is 0 Å². The minimum absolute atomic E-state index is 0.0223. The van der Waals surface area contributed by atoms with Crippen molar-refractivity contribution in [1.29, 1.82) is 0 Å². The maximum atomic E-state index is 12.2. The quantitative estimate of drug-likeness (QED) is 0.851. The number of carbonyl (C=O) groups is 2. The van der Waals surface area contributed by atoms with Gasteiger partial charge in [0.05, 0.1) is 5.56 Å². The van der Waals surface area contributed by atoms with E-state index in [0.29, 0.717) is 43.3 Å². The molecule has 0 bridgehead atoms. The molecule has 1 aliphatic heterocycles. The smallest absolute Gasteiger partial charge is 0.272 e. The lowest BCUT2D eigenvalue weighted by atomic mass is 10.2. The molecule has 0 unspecified atom stereocenters. The summed E-state index contributed by atoms with van der Waals surface area (Å²) in [6.07, 6.45) is 0. The molecule has 7 nitrogen and oxygen atoms in total. The number of hydrogen-bond acceptors (Lipinski definition) is 5. The molecule has 21 heavy (non-hydrogen) atoms. The number of nitrogens with zero attached hydrogens (tertiary/aromatic N) is 3. The molecule has 0 aliphatic carbocycles. The summed E-state index contributed by atoms with van der Waals surface area (Å²) in [5.74, 6) is 0.181. The second-order valence-electron chi connectivity index (χ2n) is 4.80. The summed E-state index contributed by atoms with van der Waals surface area (Å²) in [4.78, 5) is 27.9. The van der Waals surface area contributed by atoms with Crippen molar-refractivity contribution >= 4 is 29.0 Å². The topological polar surface area (TPSA) is 95.3 Å². The Morgan fingerprint density at radius 3 is 2.38 bits per heavy atom. The minimum Gasteiger partial charge on any atom is -0.382 e. The van der Waals surface area contributed by atoms with Crippen LogP contribution in [0.5, 0.6) is 0 Å². The number of piperazine rings is 1. The first-order valence-electron chi connectivity index (χ1n) is 6.57. The molecule has 3 heterocycles. The second-order valence-corrected chi connectivity index (χ2v) is 5.58. The molecule has 1 aliphatic rings. The Morgan fingerprint density at radius 1 is 1.19 bits per heavy atom. The Kier molecular flexibility index (Phi) is 3.61. The van der Waals surface area contributed by atoms with Crippen LogP contribution >= 0.6 is 11.3 Å². The van der Waals surface area contributed by atoms with Gasteiger partial charge in [-0.3, -0.25) is 14.7 Å². The van der Waals surface area contributed by atoms with E-state index in [1.807, 2.05) is 16.8 Å². The third-order valence-corrected chi connectivity index (χ3v) is 4.13. The SMILES string of the molecule is Nc1cc(C(=O)N2CCN(C(=O)c3ccsc3)CC2)[nH]n1. The van der Waals surface area contributed by atoms with Crippen molar-refractivity contribution in [2.75, 3.05) is 31.9 Å². The highest BCUT2D eigenvalue weighted by atomic mass is 32.1. The lowest BCUT2D eigenvalue weighted by Gasteiger charge is -2.34. The molecule has 0 aromatic carbocycles. The van der Waals surface area contributed by atoms with Gasteiger partial charge in [-0.05, 0) is 11.4 Å². The maximum absolute atomic E-state index is 12.2. The van der Waals surface area contributed by atoms with E-state index in [-0.39, 0.29) is 11.8 Å². The zero-order chi connectivity index (χ0) is 14.8. The standard InChI is InChI=1S/C13H15N5O2S/c14-11-7-10(15-16-11)13(20)18-4-2-17(3-5-18)12(19)9-1-6-21-8-9/h1,6-8H,2-5H2,(H3,14,15,16). The van der Waals surface area contributed by atoms with Gasteiger partial charge in [-0.25, -0.2) is 0 Å². The van der Waals surface area contributed by atoms with Crippen LogP contribution in [0.3, 0.4) is 0 Å². The summed E-state index contributed by atoms with van der Waals surface area (Å²) >= 11 is 1.50. The fraction of sp³-hybridized carbons (Fsp3) is 0.308. The van der Waals surface area contributed by atoms with Gasteiger partial charge in [0.25, 0.3) is 11.8 Å². The Morgan fingerprint density at radius 2 is 1.86 bits per heavy atom. The van der Waals surface area contributed by atoms with E-state index in [9.17, 15) is 9.59 Å². The number of carbonyl (C=O) groups excluding carboxylic acids is 2. The lowest BCUT2D eigenvalue weighted by Crippen LogP contribution is -2.50. The third-order valence-electron chi connectivity index (χ3n) is 3.45. The van der Waals surface area contributed by atoms with E-state index >= 15 is 0 Å². The van der Waals surface area contributed by atoms with Crippen molar-refractivity contribution in [3.05, 3.63) is 34.2 Å². The van der Waals surface area contributed by atoms with Gasteiger partial charge >= 0.3 is 0 Å². The van der Waals surface area contributed by atoms with Crippen molar-refractivity contribution in [3.8, 4) is 0 Å². The zero-order valence-corrected chi connectivity index (χ0v) is 12.1. The molecule has 3 rings (SSSR count). The number of thiophene rings is 1. The molecule has 1 saturated heterocycles. The summed E-state index contributed by atoms with van der Waals surface area (Å²) in [5.41, 5.74) is 6.59. The van der Waals surface area contributed by atoms with Crippen LogP contribution < -0.4 is 5.73 Å². The van der Waals surface area contributed by atoms with Crippen LogP contribution in [0.4, 0.5) is 5.82 Å². The van der Waals surface area contributed by atoms with E-state index in [0.717, 1.165) is 0 Å². The van der Waals surface area contributed by atoms with Crippen LogP contribution in [-0.4, -0.2) is 58.0 Å². The zero-order valence-electron chi connectivity index (χ0n) is 11.3. The predicted molar refractivity (Wildman–Crippen MR) is 79.1 cm³/mol. The molecule has 110 valence electrons. The molecular weight excluding hydrogens is 290 g/mol. The fourth-order valence-corrected chi connectivity index (χ4v) is 2.93. The number of amides is 2. The number of aromatic amines is 1. The summed E-state index contributed by atoms with van der Waals surface area (Å²) in [6, 6.07) is 3.34. The van der Waals surface area contributed by atoms with Gasteiger partial charge in [-0.2, -0.15) is 16.4 Å². The van der Waals surface area contributed by atoms with Gasteiger partial charge in [0.2, 0.25) is 0 Å². The minimum atomic E-state index is -0.137. The second kappa shape index (κ2) is 5.57. The highest BCUT2D eigenvalue weighted by molar-refractivity contribution is 7.08. The van der Waals surface area contributed by atoms with Crippen LogP contribution in [0.1, 0.15) is 20.8 Å². The highest BCUT2D eigenvalue weighted by Gasteiger charge is 2.26. The van der Waals surface area contributed by atoms with E-state index in [2.05, 4.69) is 10.2 Å². The van der Waals surface area contributed by atoms with Crippen LogP contribution in [0.25, 0.3) is 0 Å². The first-order valence-corrected chi connectivity index (χ1v) is 7.51. The molecule has 2 aromatic rings. The summed E-state index contributed by atoms with van der Waals surface area (Å²) in [6.45, 7) is 2.08. The molecule has 2 aromatic heterocycles. The number of H-pyrrole nitrogens is 1. The summed E-state index contributed by atoms with van der Waals surface area (Å²) < 4.78 is 0. The molecule has 0 radical (unpaired) electrons. The van der Waals surface area contributed by atoms with Crippen molar-refractivity contribution < 1.29 is 9.59 Å². The number of hydrogen-bond donors (Lipinski definition) is 2. The largest absolute Gasteiger partial charge is 0.382 e. The van der Waals surface area contributed by atoms with Crippen molar-refractivity contribution in [1.82, 2.24) is 20.0 Å². The van der Waals surface area contributed by atoms with Gasteiger partial charge in [-0.15, -0.1) is 0 Å². The molecule has 2 amide bonds. The van der Waals surface area contributed by atoms with Crippen molar-refractivity contribution in [2.45, 2.75) is 0 Å². The average Bonchev–Trinajstić information content (AvgIpc) is 3.17. The normalized spacial score (nSPS) is 15.2. The van der Waals surface area contributed by atoms with E-state index in [1.54, 1.807) is 9.80 Å². The van der Waals surface area contributed by atoms with E-state index < -0.39 is 0 Å². The van der Waals surface area contributed by atoms with Crippen LogP contribution in [-0.2, 0) is 0 Å². The first-order chi connectivity index (χ1) is 10.1. The monoisotopic (exact) mass is 305 g/mol. The van der Waals surface area contributed by atoms with Crippen LogP contribution in [0.15, 0.2) is 22.9 Å². The molecule has 0 atom stereocenters. The average molecular weight is 305 g/mol. The predicted octanol–water partition coefficient (Wildman–Crippen LogP) is 0.652. The fourth-order valence-electron chi connectivity index (χ4n) is 2.30. The Bertz CT molecular complexity index is 643. The molecule has 1 fully saturated rings. The first kappa shape index (κ1) is 13.6. The summed E-state index contributed by atoms with van der Waals surface area (Å²) in [5, 5.41) is 10.1. The van der Waals surface area contributed by atoms with Gasteiger partial charge < -0.3 is 15.5 Å². The molecular formula is C13H15N5O2S. The molecule has 3 N–H and O–H groups in total. The molecule has 8 heteroatoms. The molecule has 0 spiro atoms. The van der Waals surface area contributed by atoms with Gasteiger partial charge in [0.15, 0.2) is 0 Å². The lowest BCUT2D eigenvalue weighted by molar-refractivity contribution is 0.0532. The number of nitrogen functional groups attached to an aromatic ring is 1. The Hall–Kier alpha value is -2.35. The van der Waals surface area contributed by atoms with Gasteiger partial charge in [0, 0.05) is 37.6 Å². The van der Waals surface area contributed by atoms with Gasteiger partial charge in [0.1, 0.15) is 11.5 Å². The van der Waals surface area contributed by atoms with Crippen molar-refractivity contribution in [2.24, 2.45) is 0 Å². The Balaban J connectivity index is 1.60. The molecule has 0 saturated carbocycles. The third kappa shape index (κ3) is 2.75. The van der Waals surface area contributed by atoms with Crippen LogP contribution in [0.2, 0.25) is 0 Å².